The molecule has 1 N–H and O–H groups in total. The molecule has 0 spiro atoms. The van der Waals surface area contributed by atoms with Gasteiger partial charge in [-0.15, -0.1) is 6.42 Å². The molecule has 0 aromatic rings. The number of hydrogen-bond acceptors (Lipinski definition) is 2. The summed E-state index contributed by atoms with van der Waals surface area (Å²) in [7, 11) is 0. The van der Waals surface area contributed by atoms with Crippen LogP contribution in [0.2, 0.25) is 0 Å². The van der Waals surface area contributed by atoms with Gasteiger partial charge in [0.1, 0.15) is 0 Å². The van der Waals surface area contributed by atoms with Gasteiger partial charge < -0.3 is 5.32 Å². The summed E-state index contributed by atoms with van der Waals surface area (Å²) < 4.78 is 0. The number of nitrogens with one attached hydrogen (secondary N) is 1. The van der Waals surface area contributed by atoms with Crippen LogP contribution < -0.4 is 5.32 Å². The Morgan fingerprint density at radius 1 is 1.38 bits per heavy atom. The first-order chi connectivity index (χ1) is 6.11. The minimum atomic E-state index is 0.517. The van der Waals surface area contributed by atoms with E-state index in [0.29, 0.717) is 12.1 Å². The van der Waals surface area contributed by atoms with Crippen LogP contribution in [-0.4, -0.2) is 36.6 Å². The van der Waals surface area contributed by atoms with Crippen molar-refractivity contribution in [1.29, 1.82) is 0 Å². The molecule has 2 heteroatoms. The minimum absolute atomic E-state index is 0.517. The van der Waals surface area contributed by atoms with E-state index in [2.05, 4.69) is 43.8 Å². The molecule has 76 valence electrons. The van der Waals surface area contributed by atoms with Gasteiger partial charge in [0.15, 0.2) is 0 Å². The second kappa shape index (κ2) is 6.94. The topological polar surface area (TPSA) is 15.3 Å². The summed E-state index contributed by atoms with van der Waals surface area (Å²) in [5.74, 6) is 2.69. The van der Waals surface area contributed by atoms with E-state index in [1.165, 1.54) is 0 Å². The average Bonchev–Trinajstić information content (AvgIpc) is 2.10. The third kappa shape index (κ3) is 5.68. The first-order valence-electron chi connectivity index (χ1n) is 5.02. The van der Waals surface area contributed by atoms with Gasteiger partial charge in [-0.2, -0.15) is 0 Å². The Morgan fingerprint density at radius 2 is 2.00 bits per heavy atom. The second-order valence-corrected chi connectivity index (χ2v) is 3.68. The fraction of sp³-hybridized carbons (Fsp3) is 0.818. The molecule has 0 aromatic heterocycles. The molecule has 0 rings (SSSR count). The van der Waals surface area contributed by atoms with E-state index in [1.54, 1.807) is 0 Å². The molecule has 0 aliphatic heterocycles. The SMILES string of the molecule is C#CCN(CC)C(C)CNC(C)C. The Balaban J connectivity index is 3.78. The van der Waals surface area contributed by atoms with Crippen molar-refractivity contribution in [2.75, 3.05) is 19.6 Å². The number of terminal acetylenes is 1. The lowest BCUT2D eigenvalue weighted by Gasteiger charge is -2.26. The maximum absolute atomic E-state index is 5.29. The van der Waals surface area contributed by atoms with Gasteiger partial charge in [-0.3, -0.25) is 4.90 Å². The minimum Gasteiger partial charge on any atom is -0.313 e. The summed E-state index contributed by atoms with van der Waals surface area (Å²) in [6.07, 6.45) is 5.29. The maximum atomic E-state index is 5.29. The number of nitrogens with zero attached hydrogens (tertiary/aromatic N) is 1. The average molecular weight is 182 g/mol. The molecule has 1 atom stereocenters. The van der Waals surface area contributed by atoms with Gasteiger partial charge in [0.2, 0.25) is 0 Å². The molecule has 0 amide bonds. The van der Waals surface area contributed by atoms with Crippen molar-refractivity contribution in [1.82, 2.24) is 10.2 Å². The van der Waals surface area contributed by atoms with E-state index < -0.39 is 0 Å². The highest BCUT2D eigenvalue weighted by Gasteiger charge is 2.10. The van der Waals surface area contributed by atoms with E-state index in [1.807, 2.05) is 0 Å². The first kappa shape index (κ1) is 12.5. The molecule has 0 saturated carbocycles. The first-order valence-corrected chi connectivity index (χ1v) is 5.02. The molecule has 1 unspecified atom stereocenters. The second-order valence-electron chi connectivity index (χ2n) is 3.68. The van der Waals surface area contributed by atoms with Crippen LogP contribution >= 0.6 is 0 Å². The molecule has 0 fully saturated rings. The molecule has 0 heterocycles. The fourth-order valence-electron chi connectivity index (χ4n) is 1.23. The third-order valence-corrected chi connectivity index (χ3v) is 2.15. The van der Waals surface area contributed by atoms with E-state index >= 15 is 0 Å². The summed E-state index contributed by atoms with van der Waals surface area (Å²) in [5.41, 5.74) is 0. The summed E-state index contributed by atoms with van der Waals surface area (Å²) in [5, 5.41) is 3.41. The van der Waals surface area contributed by atoms with Crippen LogP contribution in [-0.2, 0) is 0 Å². The van der Waals surface area contributed by atoms with Crippen LogP contribution in [0.3, 0.4) is 0 Å². The highest BCUT2D eigenvalue weighted by molar-refractivity contribution is 4.89. The lowest BCUT2D eigenvalue weighted by atomic mass is 10.2. The highest BCUT2D eigenvalue weighted by Crippen LogP contribution is 1.96. The standard InChI is InChI=1S/C11H22N2/c1-6-8-13(7-2)11(5)9-12-10(3)4/h1,10-12H,7-9H2,2-5H3. The van der Waals surface area contributed by atoms with Gasteiger partial charge in [-0.1, -0.05) is 26.7 Å². The highest BCUT2D eigenvalue weighted by atomic mass is 15.2. The third-order valence-electron chi connectivity index (χ3n) is 2.15. The zero-order valence-electron chi connectivity index (χ0n) is 9.30. The number of hydrogen-bond donors (Lipinski definition) is 1. The monoisotopic (exact) mass is 182 g/mol. The molecule has 0 aromatic carbocycles. The van der Waals surface area contributed by atoms with Crippen molar-refractivity contribution in [2.45, 2.75) is 39.8 Å². The Labute approximate surface area is 82.7 Å². The van der Waals surface area contributed by atoms with Crippen molar-refractivity contribution in [3.8, 4) is 12.3 Å². The Hall–Kier alpha value is -0.520. The van der Waals surface area contributed by atoms with Crippen LogP contribution in [0.25, 0.3) is 0 Å². The normalized spacial score (nSPS) is 13.3. The molecule has 0 aliphatic rings. The van der Waals surface area contributed by atoms with Gasteiger partial charge in [-0.05, 0) is 13.5 Å². The van der Waals surface area contributed by atoms with E-state index in [0.717, 1.165) is 19.6 Å². The smallest absolute Gasteiger partial charge is 0.0601 e. The van der Waals surface area contributed by atoms with Crippen LogP contribution in [0, 0.1) is 12.3 Å². The Bertz CT molecular complexity index is 158. The van der Waals surface area contributed by atoms with E-state index in [-0.39, 0.29) is 0 Å². The van der Waals surface area contributed by atoms with Crippen molar-refractivity contribution in [2.24, 2.45) is 0 Å². The molecule has 2 nitrogen and oxygen atoms in total. The van der Waals surface area contributed by atoms with Crippen LogP contribution in [0.4, 0.5) is 0 Å². The molecular weight excluding hydrogens is 160 g/mol. The predicted octanol–water partition coefficient (Wildman–Crippen LogP) is 1.33. The van der Waals surface area contributed by atoms with Crippen molar-refractivity contribution in [3.63, 3.8) is 0 Å². The summed E-state index contributed by atoms with van der Waals surface area (Å²) in [6.45, 7) is 11.4. The summed E-state index contributed by atoms with van der Waals surface area (Å²) >= 11 is 0. The van der Waals surface area contributed by atoms with Crippen LogP contribution in [0.15, 0.2) is 0 Å². The van der Waals surface area contributed by atoms with Crippen LogP contribution in [0.1, 0.15) is 27.7 Å². The lowest BCUT2D eigenvalue weighted by Crippen LogP contribution is -2.42. The molecule has 0 saturated heterocycles. The molecule has 0 bridgehead atoms. The molecule has 0 aliphatic carbocycles. The lowest BCUT2D eigenvalue weighted by molar-refractivity contribution is 0.237. The zero-order valence-corrected chi connectivity index (χ0v) is 9.30. The van der Waals surface area contributed by atoms with Gasteiger partial charge in [0, 0.05) is 18.6 Å². The molecule has 13 heavy (non-hydrogen) atoms. The maximum Gasteiger partial charge on any atom is 0.0601 e. The van der Waals surface area contributed by atoms with Gasteiger partial charge >= 0.3 is 0 Å². The summed E-state index contributed by atoms with van der Waals surface area (Å²) in [6, 6.07) is 1.07. The number of likely N-dealkylation sites (N-methyl/N-ethyl adjacent to an activating group) is 1. The summed E-state index contributed by atoms with van der Waals surface area (Å²) in [4.78, 5) is 2.29. The van der Waals surface area contributed by atoms with E-state index in [9.17, 15) is 0 Å². The Kier molecular flexibility index (Phi) is 6.66. The molecular formula is C11H22N2. The Morgan fingerprint density at radius 3 is 2.38 bits per heavy atom. The van der Waals surface area contributed by atoms with Crippen molar-refractivity contribution in [3.05, 3.63) is 0 Å². The largest absolute Gasteiger partial charge is 0.313 e. The zero-order chi connectivity index (χ0) is 10.3. The number of rotatable bonds is 6. The van der Waals surface area contributed by atoms with Crippen molar-refractivity contribution < 1.29 is 0 Å². The van der Waals surface area contributed by atoms with Crippen molar-refractivity contribution >= 4 is 0 Å². The van der Waals surface area contributed by atoms with E-state index in [4.69, 9.17) is 6.42 Å². The van der Waals surface area contributed by atoms with Crippen LogP contribution in [0.5, 0.6) is 0 Å². The van der Waals surface area contributed by atoms with Gasteiger partial charge in [0.05, 0.1) is 6.54 Å². The quantitative estimate of drug-likeness (QED) is 0.623. The van der Waals surface area contributed by atoms with Gasteiger partial charge in [0.25, 0.3) is 0 Å². The fourth-order valence-corrected chi connectivity index (χ4v) is 1.23. The van der Waals surface area contributed by atoms with Gasteiger partial charge in [-0.25, -0.2) is 0 Å². The predicted molar refractivity (Wildman–Crippen MR) is 58.7 cm³/mol. The molecule has 0 radical (unpaired) electrons.